The Balaban J connectivity index is 1.53. The third kappa shape index (κ3) is 6.03. The van der Waals surface area contributed by atoms with E-state index in [1.807, 2.05) is 4.90 Å². The zero-order valence-electron chi connectivity index (χ0n) is 18.2. The third-order valence-electron chi connectivity index (χ3n) is 5.73. The molecule has 10 nitrogen and oxygen atoms in total. The third-order valence-corrected chi connectivity index (χ3v) is 5.73. The first-order valence-corrected chi connectivity index (χ1v) is 10.6. The highest BCUT2D eigenvalue weighted by Gasteiger charge is 2.34. The molecule has 0 radical (unpaired) electrons. The second-order valence-corrected chi connectivity index (χ2v) is 7.79. The van der Waals surface area contributed by atoms with Crippen molar-refractivity contribution >= 4 is 23.4 Å². The Hall–Kier alpha value is -3.09. The van der Waals surface area contributed by atoms with Gasteiger partial charge in [-0.15, -0.1) is 0 Å². The van der Waals surface area contributed by atoms with Crippen LogP contribution in [0.15, 0.2) is 18.2 Å². The van der Waals surface area contributed by atoms with Crippen molar-refractivity contribution in [3.63, 3.8) is 0 Å². The van der Waals surface area contributed by atoms with Gasteiger partial charge in [-0.2, -0.15) is 13.2 Å². The van der Waals surface area contributed by atoms with Crippen molar-refractivity contribution in [1.29, 1.82) is 0 Å². The molecule has 0 unspecified atom stereocenters. The lowest BCUT2D eigenvalue weighted by molar-refractivity contribution is -0.384. The molecule has 2 saturated heterocycles. The lowest BCUT2D eigenvalue weighted by Gasteiger charge is -2.38. The first kappa shape index (κ1) is 24.6. The van der Waals surface area contributed by atoms with E-state index in [0.717, 1.165) is 12.1 Å². The number of halogens is 3. The zero-order chi connectivity index (χ0) is 24.2. The van der Waals surface area contributed by atoms with Gasteiger partial charge in [-0.3, -0.25) is 19.8 Å². The summed E-state index contributed by atoms with van der Waals surface area (Å²) in [6.07, 6.45) is -5.05. The van der Waals surface area contributed by atoms with Gasteiger partial charge in [-0.25, -0.2) is 4.79 Å². The second kappa shape index (κ2) is 10.2. The smallest absolute Gasteiger partial charge is 0.416 e. The number of nitro groups is 1. The average Bonchev–Trinajstić information content (AvgIpc) is 2.79. The monoisotopic (exact) mass is 473 g/mol. The number of carbonyl (C=O) groups excluding carboxylic acids is 2. The van der Waals surface area contributed by atoms with Crippen molar-refractivity contribution in [3.8, 4) is 0 Å². The van der Waals surface area contributed by atoms with Gasteiger partial charge in [0.25, 0.3) is 5.69 Å². The molecule has 182 valence electrons. The Morgan fingerprint density at radius 3 is 2.18 bits per heavy atom. The summed E-state index contributed by atoms with van der Waals surface area (Å²) in [6.45, 7) is 5.37. The van der Waals surface area contributed by atoms with E-state index in [9.17, 15) is 32.9 Å². The standard InChI is InChI=1S/C20H26F3N5O5/c1-2-33-19(30)27-11-9-26(10-12-27)18(29)14-24-5-7-25(8-6-24)16-4-3-15(20(21,22)23)13-17(16)28(31)32/h3-4,13H,2,5-12,14H2,1H3. The fraction of sp³-hybridized carbons (Fsp3) is 0.600. The molecule has 0 saturated carbocycles. The van der Waals surface area contributed by atoms with Crippen LogP contribution in [0.25, 0.3) is 0 Å². The maximum Gasteiger partial charge on any atom is 0.416 e. The number of ether oxygens (including phenoxy) is 1. The molecule has 0 bridgehead atoms. The number of hydrogen-bond acceptors (Lipinski definition) is 7. The highest BCUT2D eigenvalue weighted by Crippen LogP contribution is 2.36. The second-order valence-electron chi connectivity index (χ2n) is 7.79. The molecule has 0 N–H and O–H groups in total. The molecule has 1 aromatic rings. The van der Waals surface area contributed by atoms with Crippen LogP contribution in [0.5, 0.6) is 0 Å². The predicted octanol–water partition coefficient (Wildman–Crippen LogP) is 2.04. The van der Waals surface area contributed by atoms with Gasteiger partial charge in [-0.1, -0.05) is 0 Å². The van der Waals surface area contributed by atoms with Crippen LogP contribution in [0.4, 0.5) is 29.3 Å². The molecule has 0 spiro atoms. The summed E-state index contributed by atoms with van der Waals surface area (Å²) in [5.41, 5.74) is -1.52. The SMILES string of the molecule is CCOC(=O)N1CCN(C(=O)CN2CCN(c3ccc(C(F)(F)F)cc3[N+](=O)[O-])CC2)CC1. The van der Waals surface area contributed by atoms with Gasteiger partial charge in [0.1, 0.15) is 5.69 Å². The van der Waals surface area contributed by atoms with E-state index in [2.05, 4.69) is 0 Å². The Kier molecular flexibility index (Phi) is 7.61. The van der Waals surface area contributed by atoms with Gasteiger partial charge >= 0.3 is 12.3 Å². The number of benzene rings is 1. The maximum atomic E-state index is 12.9. The first-order chi connectivity index (χ1) is 15.6. The quantitative estimate of drug-likeness (QED) is 0.477. The Morgan fingerprint density at radius 2 is 1.64 bits per heavy atom. The molecule has 2 amide bonds. The van der Waals surface area contributed by atoms with Gasteiger partial charge in [-0.05, 0) is 19.1 Å². The van der Waals surface area contributed by atoms with Crippen LogP contribution >= 0.6 is 0 Å². The van der Waals surface area contributed by atoms with Gasteiger partial charge in [0, 0.05) is 58.4 Å². The number of anilines is 1. The van der Waals surface area contributed by atoms with Crippen LogP contribution in [0.2, 0.25) is 0 Å². The van der Waals surface area contributed by atoms with E-state index in [0.29, 0.717) is 65.0 Å². The lowest BCUT2D eigenvalue weighted by Crippen LogP contribution is -2.54. The van der Waals surface area contributed by atoms with E-state index in [1.165, 1.54) is 0 Å². The van der Waals surface area contributed by atoms with Crippen molar-refractivity contribution in [2.75, 3.05) is 70.4 Å². The predicted molar refractivity (Wildman–Crippen MR) is 112 cm³/mol. The van der Waals surface area contributed by atoms with E-state index in [1.54, 1.807) is 21.6 Å². The molecule has 2 fully saturated rings. The van der Waals surface area contributed by atoms with E-state index >= 15 is 0 Å². The van der Waals surface area contributed by atoms with Gasteiger partial charge in [0.05, 0.1) is 23.6 Å². The van der Waals surface area contributed by atoms with Crippen molar-refractivity contribution in [2.45, 2.75) is 13.1 Å². The minimum absolute atomic E-state index is 0.0764. The van der Waals surface area contributed by atoms with E-state index in [4.69, 9.17) is 4.74 Å². The molecule has 2 aliphatic rings. The summed E-state index contributed by atoms with van der Waals surface area (Å²) in [5.74, 6) is -0.0764. The molecule has 0 aliphatic carbocycles. The Labute approximate surface area is 188 Å². The van der Waals surface area contributed by atoms with Crippen LogP contribution in [-0.4, -0.2) is 97.1 Å². The highest BCUT2D eigenvalue weighted by atomic mass is 19.4. The molecule has 0 atom stereocenters. The van der Waals surface area contributed by atoms with Crippen molar-refractivity contribution in [2.24, 2.45) is 0 Å². The number of nitrogens with zero attached hydrogens (tertiary/aromatic N) is 5. The minimum Gasteiger partial charge on any atom is -0.450 e. The molecule has 0 aromatic heterocycles. The number of piperazine rings is 2. The van der Waals surface area contributed by atoms with Crippen molar-refractivity contribution in [3.05, 3.63) is 33.9 Å². The highest BCUT2D eigenvalue weighted by molar-refractivity contribution is 5.79. The molecule has 2 aliphatic heterocycles. The minimum atomic E-state index is -4.66. The average molecular weight is 473 g/mol. The van der Waals surface area contributed by atoms with E-state index < -0.39 is 28.4 Å². The van der Waals surface area contributed by atoms with Gasteiger partial charge in [0.2, 0.25) is 5.91 Å². The number of nitro benzene ring substituents is 1. The fourth-order valence-corrected chi connectivity index (χ4v) is 3.90. The van der Waals surface area contributed by atoms with Crippen molar-refractivity contribution in [1.82, 2.24) is 14.7 Å². The number of hydrogen-bond donors (Lipinski definition) is 0. The molecular formula is C20H26F3N5O5. The normalized spacial score (nSPS) is 17.8. The molecular weight excluding hydrogens is 447 g/mol. The largest absolute Gasteiger partial charge is 0.450 e. The summed E-state index contributed by atoms with van der Waals surface area (Å²) >= 11 is 0. The van der Waals surface area contributed by atoms with Crippen LogP contribution in [0, 0.1) is 10.1 Å². The Bertz CT molecular complexity index is 881. The fourth-order valence-electron chi connectivity index (χ4n) is 3.90. The molecule has 3 rings (SSSR count). The summed E-state index contributed by atoms with van der Waals surface area (Å²) in [6, 6.07) is 2.53. The van der Waals surface area contributed by atoms with Crippen LogP contribution in [-0.2, 0) is 15.7 Å². The summed E-state index contributed by atoms with van der Waals surface area (Å²) < 4.78 is 43.7. The van der Waals surface area contributed by atoms with Gasteiger partial charge in [0.15, 0.2) is 0 Å². The van der Waals surface area contributed by atoms with Crippen LogP contribution in [0.3, 0.4) is 0 Å². The van der Waals surface area contributed by atoms with Crippen LogP contribution < -0.4 is 4.90 Å². The molecule has 33 heavy (non-hydrogen) atoms. The summed E-state index contributed by atoms with van der Waals surface area (Å²) in [7, 11) is 0. The lowest BCUT2D eigenvalue weighted by atomic mass is 10.1. The molecule has 2 heterocycles. The zero-order valence-corrected chi connectivity index (χ0v) is 18.2. The number of rotatable bonds is 5. The molecule has 13 heteroatoms. The van der Waals surface area contributed by atoms with E-state index in [-0.39, 0.29) is 18.1 Å². The summed E-state index contributed by atoms with van der Waals surface area (Å²) in [4.78, 5) is 41.8. The van der Waals surface area contributed by atoms with Gasteiger partial charge < -0.3 is 19.4 Å². The number of alkyl halides is 3. The number of amides is 2. The Morgan fingerprint density at radius 1 is 1.03 bits per heavy atom. The maximum absolute atomic E-state index is 12.9. The summed E-state index contributed by atoms with van der Waals surface area (Å²) in [5, 5.41) is 11.3. The first-order valence-electron chi connectivity index (χ1n) is 10.6. The van der Waals surface area contributed by atoms with Crippen LogP contribution in [0.1, 0.15) is 12.5 Å². The topological polar surface area (TPSA) is 99.5 Å². The molecule has 1 aromatic carbocycles. The number of carbonyl (C=O) groups is 2. The van der Waals surface area contributed by atoms with Crippen molar-refractivity contribution < 1.29 is 32.4 Å².